The molecule has 1 heterocycles. The fraction of sp³-hybridized carbons (Fsp3) is 0.231. The summed E-state index contributed by atoms with van der Waals surface area (Å²) in [5.41, 5.74) is -5.65. The first-order valence-electron chi connectivity index (χ1n) is 5.96. The van der Waals surface area contributed by atoms with Crippen LogP contribution in [-0.2, 0) is 5.60 Å². The molecule has 23 heavy (non-hydrogen) atoms. The molecule has 0 radical (unpaired) electrons. The standard InChI is InChI=1S/C13H8F5NO3S/c14-12(15,13(16,17)18)11(20,9-5-6-23-7-9)8-1-3-10(4-2-8)19(21)22/h1-7,20H. The van der Waals surface area contributed by atoms with Gasteiger partial charge in [-0.1, -0.05) is 0 Å². The SMILES string of the molecule is O=[N+]([O-])c1ccc(C(O)(c2ccsc2)C(F)(F)C(F)(F)F)cc1. The Bertz CT molecular complexity index is 699. The van der Waals surface area contributed by atoms with Crippen molar-refractivity contribution in [3.05, 3.63) is 62.3 Å². The summed E-state index contributed by atoms with van der Waals surface area (Å²) in [5, 5.41) is 23.1. The first kappa shape index (κ1) is 17.3. The lowest BCUT2D eigenvalue weighted by Gasteiger charge is -2.36. The molecule has 4 nitrogen and oxygen atoms in total. The Morgan fingerprint density at radius 2 is 1.57 bits per heavy atom. The molecule has 0 aliphatic heterocycles. The second-order valence-corrected chi connectivity index (χ2v) is 5.38. The third kappa shape index (κ3) is 2.68. The number of nitrogens with zero attached hydrogens (tertiary/aromatic N) is 1. The highest BCUT2D eigenvalue weighted by molar-refractivity contribution is 7.08. The van der Waals surface area contributed by atoms with Crippen LogP contribution in [0.3, 0.4) is 0 Å². The number of non-ortho nitro benzene ring substituents is 1. The Morgan fingerprint density at radius 3 is 1.96 bits per heavy atom. The number of hydrogen-bond acceptors (Lipinski definition) is 4. The largest absolute Gasteiger partial charge is 0.457 e. The first-order chi connectivity index (χ1) is 10.5. The van der Waals surface area contributed by atoms with Crippen LogP contribution in [-0.4, -0.2) is 22.1 Å². The van der Waals surface area contributed by atoms with Gasteiger partial charge in [0.1, 0.15) is 0 Å². The third-order valence-electron chi connectivity index (χ3n) is 3.25. The van der Waals surface area contributed by atoms with Gasteiger partial charge < -0.3 is 5.11 Å². The lowest BCUT2D eigenvalue weighted by molar-refractivity contribution is -0.384. The predicted octanol–water partition coefficient (Wildman–Crippen LogP) is 4.09. The average Bonchev–Trinajstić information content (AvgIpc) is 2.99. The maximum Gasteiger partial charge on any atom is 0.457 e. The molecule has 1 aromatic heterocycles. The summed E-state index contributed by atoms with van der Waals surface area (Å²) in [6, 6.07) is 3.79. The van der Waals surface area contributed by atoms with Gasteiger partial charge in [-0.05, 0) is 34.5 Å². The van der Waals surface area contributed by atoms with Gasteiger partial charge in [-0.3, -0.25) is 10.1 Å². The monoisotopic (exact) mass is 353 g/mol. The van der Waals surface area contributed by atoms with Gasteiger partial charge in [0.2, 0.25) is 0 Å². The second kappa shape index (κ2) is 5.53. The third-order valence-corrected chi connectivity index (χ3v) is 3.93. The summed E-state index contributed by atoms with van der Waals surface area (Å²) in [6.07, 6.45) is -6.02. The fourth-order valence-corrected chi connectivity index (χ4v) is 2.73. The molecular weight excluding hydrogens is 345 g/mol. The molecule has 0 spiro atoms. The minimum Gasteiger partial charge on any atom is -0.374 e. The molecular formula is C13H8F5NO3S. The van der Waals surface area contributed by atoms with E-state index in [0.29, 0.717) is 12.1 Å². The molecule has 2 aromatic rings. The predicted molar refractivity (Wildman–Crippen MR) is 71.4 cm³/mol. The molecule has 0 amide bonds. The van der Waals surface area contributed by atoms with Crippen molar-refractivity contribution < 1.29 is 32.0 Å². The number of benzene rings is 1. The number of nitro benzene ring substituents is 1. The van der Waals surface area contributed by atoms with Gasteiger partial charge in [0, 0.05) is 17.7 Å². The number of thiophene rings is 1. The normalized spacial score (nSPS) is 15.2. The molecule has 0 fully saturated rings. The fourth-order valence-electron chi connectivity index (χ4n) is 2.03. The number of hydrogen-bond donors (Lipinski definition) is 1. The van der Waals surface area contributed by atoms with E-state index >= 15 is 0 Å². The summed E-state index contributed by atoms with van der Waals surface area (Å²) < 4.78 is 66.4. The van der Waals surface area contributed by atoms with Crippen LogP contribution in [0.1, 0.15) is 11.1 Å². The molecule has 1 aromatic carbocycles. The molecule has 0 aliphatic carbocycles. The first-order valence-corrected chi connectivity index (χ1v) is 6.90. The van der Waals surface area contributed by atoms with Gasteiger partial charge in [-0.25, -0.2) is 0 Å². The van der Waals surface area contributed by atoms with Crippen molar-refractivity contribution in [1.82, 2.24) is 0 Å². The Morgan fingerprint density at radius 1 is 1.00 bits per heavy atom. The zero-order valence-corrected chi connectivity index (χ0v) is 11.9. The Balaban J connectivity index is 2.67. The Kier molecular flexibility index (Phi) is 4.16. The van der Waals surface area contributed by atoms with Crippen molar-refractivity contribution in [2.45, 2.75) is 17.7 Å². The quantitative estimate of drug-likeness (QED) is 0.512. The molecule has 2 rings (SSSR count). The lowest BCUT2D eigenvalue weighted by atomic mass is 9.81. The summed E-state index contributed by atoms with van der Waals surface area (Å²) in [4.78, 5) is 9.73. The molecule has 1 N–H and O–H groups in total. The topological polar surface area (TPSA) is 63.4 Å². The molecule has 1 atom stereocenters. The van der Waals surface area contributed by atoms with Crippen LogP contribution in [0.4, 0.5) is 27.6 Å². The van der Waals surface area contributed by atoms with Crippen molar-refractivity contribution in [3.63, 3.8) is 0 Å². The number of alkyl halides is 5. The number of rotatable bonds is 4. The molecule has 124 valence electrons. The van der Waals surface area contributed by atoms with E-state index in [1.807, 2.05) is 0 Å². The summed E-state index contributed by atoms with van der Waals surface area (Å²) in [6.45, 7) is 0. The zero-order valence-electron chi connectivity index (χ0n) is 11.1. The van der Waals surface area contributed by atoms with E-state index in [4.69, 9.17) is 0 Å². The summed E-state index contributed by atoms with van der Waals surface area (Å²) in [7, 11) is 0. The van der Waals surface area contributed by atoms with Gasteiger partial charge >= 0.3 is 12.1 Å². The van der Waals surface area contributed by atoms with Crippen molar-refractivity contribution in [3.8, 4) is 0 Å². The minimum atomic E-state index is -6.02. The van der Waals surface area contributed by atoms with Crippen LogP contribution in [0, 0.1) is 10.1 Å². The van der Waals surface area contributed by atoms with Crippen molar-refractivity contribution in [1.29, 1.82) is 0 Å². The van der Waals surface area contributed by atoms with Gasteiger partial charge in [0.05, 0.1) is 4.92 Å². The molecule has 10 heteroatoms. The van der Waals surface area contributed by atoms with Crippen LogP contribution in [0.5, 0.6) is 0 Å². The molecule has 0 aliphatic rings. The highest BCUT2D eigenvalue weighted by Crippen LogP contribution is 2.52. The van der Waals surface area contributed by atoms with E-state index in [2.05, 4.69) is 0 Å². The zero-order chi connectivity index (χ0) is 17.5. The lowest BCUT2D eigenvalue weighted by Crippen LogP contribution is -2.55. The van der Waals surface area contributed by atoms with Crippen LogP contribution in [0.2, 0.25) is 0 Å². The van der Waals surface area contributed by atoms with E-state index in [0.717, 1.165) is 34.9 Å². The maximum atomic E-state index is 14.0. The van der Waals surface area contributed by atoms with E-state index in [1.54, 1.807) is 0 Å². The van der Waals surface area contributed by atoms with E-state index in [1.165, 1.54) is 5.38 Å². The molecule has 1 unspecified atom stereocenters. The van der Waals surface area contributed by atoms with Crippen LogP contribution in [0.25, 0.3) is 0 Å². The van der Waals surface area contributed by atoms with Gasteiger partial charge in [-0.15, -0.1) is 0 Å². The van der Waals surface area contributed by atoms with E-state index in [9.17, 15) is 37.2 Å². The number of nitro groups is 1. The van der Waals surface area contributed by atoms with Crippen LogP contribution in [0.15, 0.2) is 41.1 Å². The van der Waals surface area contributed by atoms with Crippen molar-refractivity contribution >= 4 is 17.0 Å². The Labute approximate surface area is 129 Å². The molecule has 0 saturated carbocycles. The maximum absolute atomic E-state index is 14.0. The minimum absolute atomic E-state index is 0.503. The number of halogens is 5. The van der Waals surface area contributed by atoms with E-state index in [-0.39, 0.29) is 0 Å². The Hall–Kier alpha value is -2.07. The van der Waals surface area contributed by atoms with Crippen molar-refractivity contribution in [2.24, 2.45) is 0 Å². The molecule has 0 bridgehead atoms. The average molecular weight is 353 g/mol. The number of aliphatic hydroxyl groups is 1. The smallest absolute Gasteiger partial charge is 0.374 e. The highest BCUT2D eigenvalue weighted by atomic mass is 32.1. The van der Waals surface area contributed by atoms with Gasteiger partial charge in [-0.2, -0.15) is 33.3 Å². The van der Waals surface area contributed by atoms with E-state index < -0.39 is 39.4 Å². The summed E-state index contributed by atoms with van der Waals surface area (Å²) in [5.74, 6) is -5.50. The van der Waals surface area contributed by atoms with Crippen LogP contribution < -0.4 is 0 Å². The highest BCUT2D eigenvalue weighted by Gasteiger charge is 2.71. The molecule has 0 saturated heterocycles. The van der Waals surface area contributed by atoms with Crippen LogP contribution >= 0.6 is 11.3 Å². The summed E-state index contributed by atoms with van der Waals surface area (Å²) >= 11 is 0.827. The second-order valence-electron chi connectivity index (χ2n) is 4.60. The van der Waals surface area contributed by atoms with Gasteiger partial charge in [0.25, 0.3) is 5.69 Å². The van der Waals surface area contributed by atoms with Crippen molar-refractivity contribution in [2.75, 3.05) is 0 Å². The van der Waals surface area contributed by atoms with Gasteiger partial charge in [0.15, 0.2) is 5.60 Å².